The molecule has 0 spiro atoms. The Morgan fingerprint density at radius 1 is 1.38 bits per heavy atom. The van der Waals surface area contributed by atoms with Gasteiger partial charge in [0, 0.05) is 5.69 Å². The molecule has 2 aromatic carbocycles. The third-order valence-electron chi connectivity index (χ3n) is 3.13. The van der Waals surface area contributed by atoms with Crippen LogP contribution in [-0.4, -0.2) is 11.1 Å². The van der Waals surface area contributed by atoms with E-state index in [0.717, 1.165) is 11.1 Å². The third kappa shape index (κ3) is 3.12. The molecule has 0 aliphatic carbocycles. The molecule has 2 rings (SSSR count). The molecule has 0 unspecified atom stereocenters. The van der Waals surface area contributed by atoms with Gasteiger partial charge in [-0.1, -0.05) is 12.1 Å². The highest BCUT2D eigenvalue weighted by atomic mass is 16.5. The number of aryl methyl sites for hydroxylation is 1. The Kier molecular flexibility index (Phi) is 4.10. The van der Waals surface area contributed by atoms with Crippen LogP contribution in [0, 0.1) is 18.3 Å². The number of benzene rings is 2. The molecule has 5 nitrogen and oxygen atoms in total. The number of carbonyl (C=O) groups is 1. The first-order chi connectivity index (χ1) is 10.0. The summed E-state index contributed by atoms with van der Waals surface area (Å²) in [5.74, 6) is -0.897. The summed E-state index contributed by atoms with van der Waals surface area (Å²) in [5, 5.41) is 18.0. The second-order valence-electron chi connectivity index (χ2n) is 4.57. The van der Waals surface area contributed by atoms with Gasteiger partial charge in [0.2, 0.25) is 0 Å². The summed E-state index contributed by atoms with van der Waals surface area (Å²) in [6, 6.07) is 12.0. The van der Waals surface area contributed by atoms with Crippen LogP contribution >= 0.6 is 0 Å². The van der Waals surface area contributed by atoms with E-state index >= 15 is 0 Å². The summed E-state index contributed by atoms with van der Waals surface area (Å²) in [6.07, 6.45) is 0. The van der Waals surface area contributed by atoms with E-state index in [-0.39, 0.29) is 23.6 Å². The number of ether oxygens (including phenoxy) is 1. The highest BCUT2D eigenvalue weighted by molar-refractivity contribution is 5.96. The zero-order valence-electron chi connectivity index (χ0n) is 11.5. The van der Waals surface area contributed by atoms with Gasteiger partial charge < -0.3 is 15.6 Å². The minimum atomic E-state index is -1.13. The molecule has 3 N–H and O–H groups in total. The number of carboxylic acids is 1. The monoisotopic (exact) mass is 282 g/mol. The van der Waals surface area contributed by atoms with Crippen molar-refractivity contribution in [3.63, 3.8) is 0 Å². The molecule has 5 heteroatoms. The minimum absolute atomic E-state index is 0.0381. The topological polar surface area (TPSA) is 96.3 Å². The highest BCUT2D eigenvalue weighted by Crippen LogP contribution is 2.25. The number of nitrogens with two attached hydrogens (primary N) is 1. The van der Waals surface area contributed by atoms with Crippen molar-refractivity contribution < 1.29 is 14.6 Å². The van der Waals surface area contributed by atoms with Crippen molar-refractivity contribution in [3.05, 3.63) is 58.7 Å². The van der Waals surface area contributed by atoms with E-state index in [9.17, 15) is 9.90 Å². The fourth-order valence-corrected chi connectivity index (χ4v) is 1.98. The van der Waals surface area contributed by atoms with Gasteiger partial charge >= 0.3 is 5.97 Å². The zero-order chi connectivity index (χ0) is 15.4. The molecule has 0 bridgehead atoms. The first-order valence-electron chi connectivity index (χ1n) is 6.27. The van der Waals surface area contributed by atoms with Crippen molar-refractivity contribution in [1.29, 1.82) is 5.26 Å². The van der Waals surface area contributed by atoms with Crippen LogP contribution in [0.15, 0.2) is 36.4 Å². The Hall–Kier alpha value is -3.00. The Morgan fingerprint density at radius 2 is 2.14 bits per heavy atom. The van der Waals surface area contributed by atoms with Crippen LogP contribution in [-0.2, 0) is 6.61 Å². The summed E-state index contributed by atoms with van der Waals surface area (Å²) in [7, 11) is 0. The van der Waals surface area contributed by atoms with Crippen molar-refractivity contribution in [1.82, 2.24) is 0 Å². The molecule has 0 aliphatic heterocycles. The van der Waals surface area contributed by atoms with Crippen LogP contribution in [0.1, 0.15) is 27.0 Å². The summed E-state index contributed by atoms with van der Waals surface area (Å²) < 4.78 is 5.58. The van der Waals surface area contributed by atoms with Crippen molar-refractivity contribution in [3.8, 4) is 11.8 Å². The Labute approximate surface area is 122 Å². The maximum absolute atomic E-state index is 11.2. The van der Waals surface area contributed by atoms with Crippen molar-refractivity contribution >= 4 is 11.7 Å². The second kappa shape index (κ2) is 5.97. The van der Waals surface area contributed by atoms with E-state index in [0.29, 0.717) is 5.56 Å². The number of nitriles is 1. The van der Waals surface area contributed by atoms with E-state index in [1.165, 1.54) is 6.07 Å². The molecular formula is C16H14N2O3. The predicted octanol–water partition coefficient (Wildman–Crippen LogP) is 2.73. The van der Waals surface area contributed by atoms with Crippen LogP contribution in [0.3, 0.4) is 0 Å². The third-order valence-corrected chi connectivity index (χ3v) is 3.13. The van der Waals surface area contributed by atoms with Gasteiger partial charge in [-0.25, -0.2) is 4.79 Å². The van der Waals surface area contributed by atoms with E-state index in [2.05, 4.69) is 6.07 Å². The number of nitrogens with zero attached hydrogens (tertiary/aromatic N) is 1. The molecular weight excluding hydrogens is 268 g/mol. The van der Waals surface area contributed by atoms with Gasteiger partial charge in [0.05, 0.1) is 11.6 Å². The number of carboxylic acid groups (broad SMARTS) is 1. The molecule has 0 radical (unpaired) electrons. The number of nitrogen functional groups attached to an aromatic ring is 1. The summed E-state index contributed by atoms with van der Waals surface area (Å²) in [5.41, 5.74) is 8.16. The Morgan fingerprint density at radius 3 is 2.76 bits per heavy atom. The lowest BCUT2D eigenvalue weighted by atomic mass is 10.1. The fraction of sp³-hybridized carbons (Fsp3) is 0.125. The van der Waals surface area contributed by atoms with E-state index in [4.69, 9.17) is 15.7 Å². The molecule has 0 heterocycles. The van der Waals surface area contributed by atoms with Gasteiger partial charge in [-0.2, -0.15) is 5.26 Å². The average Bonchev–Trinajstić information content (AvgIpc) is 2.45. The summed E-state index contributed by atoms with van der Waals surface area (Å²) >= 11 is 0. The zero-order valence-corrected chi connectivity index (χ0v) is 11.5. The Bertz CT molecular complexity index is 733. The van der Waals surface area contributed by atoms with Crippen LogP contribution in [0.2, 0.25) is 0 Å². The quantitative estimate of drug-likeness (QED) is 0.840. The molecule has 0 saturated carbocycles. The SMILES string of the molecule is Cc1cc(C#N)ccc1COc1cccc(N)c1C(=O)O. The van der Waals surface area contributed by atoms with Crippen LogP contribution in [0.5, 0.6) is 5.75 Å². The maximum atomic E-state index is 11.2. The number of hydrogen-bond donors (Lipinski definition) is 2. The lowest BCUT2D eigenvalue weighted by Crippen LogP contribution is -2.07. The van der Waals surface area contributed by atoms with Gasteiger partial charge in [-0.3, -0.25) is 0 Å². The average molecular weight is 282 g/mol. The molecule has 0 aliphatic rings. The van der Waals surface area contributed by atoms with E-state index < -0.39 is 5.97 Å². The first kappa shape index (κ1) is 14.4. The molecule has 0 atom stereocenters. The molecule has 0 aromatic heterocycles. The number of hydrogen-bond acceptors (Lipinski definition) is 4. The fourth-order valence-electron chi connectivity index (χ4n) is 1.98. The smallest absolute Gasteiger partial charge is 0.341 e. The summed E-state index contributed by atoms with van der Waals surface area (Å²) in [6.45, 7) is 2.08. The van der Waals surface area contributed by atoms with Gasteiger partial charge in [0.15, 0.2) is 0 Å². The largest absolute Gasteiger partial charge is 0.488 e. The van der Waals surface area contributed by atoms with Gasteiger partial charge in [-0.15, -0.1) is 0 Å². The number of rotatable bonds is 4. The van der Waals surface area contributed by atoms with Crippen LogP contribution < -0.4 is 10.5 Å². The molecule has 0 fully saturated rings. The number of anilines is 1. The minimum Gasteiger partial charge on any atom is -0.488 e. The molecule has 106 valence electrons. The van der Waals surface area contributed by atoms with Gasteiger partial charge in [0.25, 0.3) is 0 Å². The van der Waals surface area contributed by atoms with Gasteiger partial charge in [-0.05, 0) is 42.3 Å². The van der Waals surface area contributed by atoms with E-state index in [1.54, 1.807) is 30.3 Å². The normalized spacial score (nSPS) is 9.90. The van der Waals surface area contributed by atoms with Gasteiger partial charge in [0.1, 0.15) is 17.9 Å². The molecule has 2 aromatic rings. The lowest BCUT2D eigenvalue weighted by molar-refractivity contribution is 0.0693. The maximum Gasteiger partial charge on any atom is 0.341 e. The molecule has 0 amide bonds. The number of aromatic carboxylic acids is 1. The standard InChI is InChI=1S/C16H14N2O3/c1-10-7-11(8-17)5-6-12(10)9-21-14-4-2-3-13(18)15(14)16(19)20/h2-7H,9,18H2,1H3,(H,19,20). The van der Waals surface area contributed by atoms with Crippen molar-refractivity contribution in [2.24, 2.45) is 0 Å². The molecule has 21 heavy (non-hydrogen) atoms. The highest BCUT2D eigenvalue weighted by Gasteiger charge is 2.15. The predicted molar refractivity (Wildman–Crippen MR) is 78.0 cm³/mol. The first-order valence-corrected chi connectivity index (χ1v) is 6.27. The van der Waals surface area contributed by atoms with Crippen LogP contribution in [0.25, 0.3) is 0 Å². The van der Waals surface area contributed by atoms with E-state index in [1.807, 2.05) is 6.92 Å². The summed E-state index contributed by atoms with van der Waals surface area (Å²) in [4.78, 5) is 11.2. The molecule has 0 saturated heterocycles. The lowest BCUT2D eigenvalue weighted by Gasteiger charge is -2.12. The van der Waals surface area contributed by atoms with Crippen molar-refractivity contribution in [2.75, 3.05) is 5.73 Å². The second-order valence-corrected chi connectivity index (χ2v) is 4.57. The van der Waals surface area contributed by atoms with Crippen molar-refractivity contribution in [2.45, 2.75) is 13.5 Å². The van der Waals surface area contributed by atoms with Crippen LogP contribution in [0.4, 0.5) is 5.69 Å². The Balaban J connectivity index is 2.23.